The van der Waals surface area contributed by atoms with Gasteiger partial charge in [-0.2, -0.15) is 13.2 Å². The molecule has 0 fully saturated rings. The van der Waals surface area contributed by atoms with Crippen molar-refractivity contribution in [3.8, 4) is 11.1 Å². The van der Waals surface area contributed by atoms with Gasteiger partial charge in [-0.05, 0) is 30.5 Å². The highest BCUT2D eigenvalue weighted by molar-refractivity contribution is 7.09. The number of alkyl halides is 3. The van der Waals surface area contributed by atoms with Crippen LogP contribution in [-0.2, 0) is 17.5 Å². The summed E-state index contributed by atoms with van der Waals surface area (Å²) in [6, 6.07) is 6.29. The fraction of sp³-hybridized carbons (Fsp3) is 0.200. The second-order valence-electron chi connectivity index (χ2n) is 6.31. The number of nitrogens with one attached hydrogen (secondary N) is 1. The third-order valence-corrected chi connectivity index (χ3v) is 5.24. The zero-order valence-electron chi connectivity index (χ0n) is 15.7. The Kier molecular flexibility index (Phi) is 5.25. The normalized spacial score (nSPS) is 11.7. The van der Waals surface area contributed by atoms with E-state index in [9.17, 15) is 18.0 Å². The molecule has 0 aromatic carbocycles. The van der Waals surface area contributed by atoms with Crippen LogP contribution in [0.2, 0.25) is 0 Å². The predicted molar refractivity (Wildman–Crippen MR) is 105 cm³/mol. The van der Waals surface area contributed by atoms with Gasteiger partial charge in [0, 0.05) is 22.2 Å². The molecule has 10 heteroatoms. The first-order chi connectivity index (χ1) is 14.4. The minimum absolute atomic E-state index is 0.0729. The van der Waals surface area contributed by atoms with Gasteiger partial charge < -0.3 is 14.5 Å². The Morgan fingerprint density at radius 2 is 2.17 bits per heavy atom. The number of nitrogens with zero attached hydrogens (tertiary/aromatic N) is 2. The lowest BCUT2D eigenvalue weighted by molar-refractivity contribution is -0.136. The number of pyridine rings is 1. The van der Waals surface area contributed by atoms with Crippen LogP contribution in [0.25, 0.3) is 16.8 Å². The van der Waals surface area contributed by atoms with Crippen molar-refractivity contribution >= 4 is 28.8 Å². The molecule has 4 aromatic rings. The van der Waals surface area contributed by atoms with E-state index in [4.69, 9.17) is 9.15 Å². The molecule has 0 amide bonds. The largest absolute Gasteiger partial charge is 0.472 e. The summed E-state index contributed by atoms with van der Waals surface area (Å²) in [6.07, 6.45) is -0.463. The highest BCUT2D eigenvalue weighted by atomic mass is 32.1. The predicted octanol–water partition coefficient (Wildman–Crippen LogP) is 5.46. The van der Waals surface area contributed by atoms with Gasteiger partial charge in [0.1, 0.15) is 5.82 Å². The molecule has 4 rings (SSSR count). The second kappa shape index (κ2) is 7.86. The van der Waals surface area contributed by atoms with E-state index >= 15 is 0 Å². The van der Waals surface area contributed by atoms with Crippen LogP contribution in [0.5, 0.6) is 0 Å². The first kappa shape index (κ1) is 20.0. The average Bonchev–Trinajstić information content (AvgIpc) is 3.45. The molecule has 4 aromatic heterocycles. The maximum Gasteiger partial charge on any atom is 0.420 e. The molecule has 0 unspecified atom stereocenters. The van der Waals surface area contributed by atoms with Gasteiger partial charge >= 0.3 is 12.1 Å². The number of hydrogen-bond donors (Lipinski definition) is 1. The molecule has 0 radical (unpaired) electrons. The van der Waals surface area contributed by atoms with E-state index in [1.807, 2.05) is 17.5 Å². The average molecular weight is 435 g/mol. The van der Waals surface area contributed by atoms with Crippen LogP contribution in [0, 0.1) is 0 Å². The van der Waals surface area contributed by atoms with Gasteiger partial charge in [-0.1, -0.05) is 6.07 Å². The number of carbonyl (C=O) groups is 1. The SMILES string of the molecule is CCOC(=O)c1nc2c(C(F)(F)F)cc(-c3ccoc3)cn2c1NCc1cccs1. The first-order valence-corrected chi connectivity index (χ1v) is 9.85. The molecule has 0 aliphatic rings. The van der Waals surface area contributed by atoms with Crippen LogP contribution >= 0.6 is 11.3 Å². The minimum Gasteiger partial charge on any atom is -0.472 e. The zero-order valence-corrected chi connectivity index (χ0v) is 16.5. The molecule has 0 spiro atoms. The number of ether oxygens (including phenoxy) is 1. The summed E-state index contributed by atoms with van der Waals surface area (Å²) in [5.74, 6) is -0.666. The van der Waals surface area contributed by atoms with E-state index in [0.717, 1.165) is 10.9 Å². The number of fused-ring (bicyclic) bond motifs is 1. The van der Waals surface area contributed by atoms with Gasteiger partial charge in [-0.15, -0.1) is 11.3 Å². The number of furan rings is 1. The maximum atomic E-state index is 13.8. The molecular weight excluding hydrogens is 419 g/mol. The molecular formula is C20H16F3N3O3S. The van der Waals surface area contributed by atoms with Crippen molar-refractivity contribution in [2.45, 2.75) is 19.6 Å². The molecule has 0 aliphatic heterocycles. The lowest BCUT2D eigenvalue weighted by Gasteiger charge is -2.12. The Morgan fingerprint density at radius 3 is 2.80 bits per heavy atom. The van der Waals surface area contributed by atoms with E-state index in [0.29, 0.717) is 12.1 Å². The fourth-order valence-corrected chi connectivity index (χ4v) is 3.68. The van der Waals surface area contributed by atoms with E-state index in [2.05, 4.69) is 10.3 Å². The number of imidazole rings is 1. The lowest BCUT2D eigenvalue weighted by Crippen LogP contribution is -2.10. The number of halogens is 3. The van der Waals surface area contributed by atoms with Gasteiger partial charge in [-0.3, -0.25) is 4.40 Å². The van der Waals surface area contributed by atoms with Crippen LogP contribution in [-0.4, -0.2) is 22.0 Å². The standard InChI is InChI=1S/C20H16F3N3O3S/c1-2-29-19(27)16-18(24-9-14-4-3-7-30-14)26-10-13(12-5-6-28-11-12)8-15(17(26)25-16)20(21,22)23/h3-8,10-11,24H,2,9H2,1H3. The summed E-state index contributed by atoms with van der Waals surface area (Å²) in [7, 11) is 0. The van der Waals surface area contributed by atoms with E-state index < -0.39 is 17.7 Å². The van der Waals surface area contributed by atoms with Crippen molar-refractivity contribution in [2.24, 2.45) is 0 Å². The van der Waals surface area contributed by atoms with E-state index in [1.54, 1.807) is 13.0 Å². The molecule has 6 nitrogen and oxygen atoms in total. The van der Waals surface area contributed by atoms with Gasteiger partial charge in [-0.25, -0.2) is 9.78 Å². The number of thiophene rings is 1. The summed E-state index contributed by atoms with van der Waals surface area (Å²) in [4.78, 5) is 17.4. The lowest BCUT2D eigenvalue weighted by atomic mass is 10.1. The summed E-state index contributed by atoms with van der Waals surface area (Å²) in [6.45, 7) is 2.00. The zero-order chi connectivity index (χ0) is 21.3. The Balaban J connectivity index is 1.93. The van der Waals surface area contributed by atoms with Crippen LogP contribution in [0.15, 0.2) is 52.8 Å². The molecule has 1 N–H and O–H groups in total. The number of carbonyl (C=O) groups excluding carboxylic acids is 1. The summed E-state index contributed by atoms with van der Waals surface area (Å²) < 4.78 is 52.8. The smallest absolute Gasteiger partial charge is 0.420 e. The van der Waals surface area contributed by atoms with Gasteiger partial charge in [0.15, 0.2) is 11.3 Å². The molecule has 156 valence electrons. The van der Waals surface area contributed by atoms with E-state index in [-0.39, 0.29) is 29.3 Å². The molecule has 0 saturated carbocycles. The summed E-state index contributed by atoms with van der Waals surface area (Å²) in [5.41, 5.74) is -0.806. The molecule has 0 aliphatic carbocycles. The Labute approximate surface area is 172 Å². The molecule has 0 bridgehead atoms. The van der Waals surface area contributed by atoms with Crippen LogP contribution in [0.3, 0.4) is 0 Å². The van der Waals surface area contributed by atoms with Crippen molar-refractivity contribution < 1.29 is 27.1 Å². The van der Waals surface area contributed by atoms with Gasteiger partial charge in [0.05, 0.1) is 31.2 Å². The van der Waals surface area contributed by atoms with Crippen molar-refractivity contribution in [1.29, 1.82) is 0 Å². The third kappa shape index (κ3) is 3.78. The topological polar surface area (TPSA) is 68.8 Å². The Morgan fingerprint density at radius 1 is 1.33 bits per heavy atom. The van der Waals surface area contributed by atoms with Crippen LogP contribution in [0.1, 0.15) is 27.9 Å². The van der Waals surface area contributed by atoms with Crippen molar-refractivity contribution in [3.05, 3.63) is 64.5 Å². The maximum absolute atomic E-state index is 13.8. The number of anilines is 1. The van der Waals surface area contributed by atoms with Gasteiger partial charge in [0.2, 0.25) is 0 Å². The highest BCUT2D eigenvalue weighted by Crippen LogP contribution is 2.37. The third-order valence-electron chi connectivity index (χ3n) is 4.36. The number of esters is 1. The van der Waals surface area contributed by atoms with Crippen LogP contribution < -0.4 is 5.32 Å². The van der Waals surface area contributed by atoms with E-state index in [1.165, 1.54) is 34.5 Å². The monoisotopic (exact) mass is 435 g/mol. The van der Waals surface area contributed by atoms with Gasteiger partial charge in [0.25, 0.3) is 0 Å². The van der Waals surface area contributed by atoms with Crippen LogP contribution in [0.4, 0.5) is 19.0 Å². The Bertz CT molecular complexity index is 1170. The quantitative estimate of drug-likeness (QED) is 0.407. The fourth-order valence-electron chi connectivity index (χ4n) is 3.03. The number of hydrogen-bond acceptors (Lipinski definition) is 6. The minimum atomic E-state index is -4.68. The molecule has 30 heavy (non-hydrogen) atoms. The van der Waals surface area contributed by atoms with Crippen molar-refractivity contribution in [2.75, 3.05) is 11.9 Å². The van der Waals surface area contributed by atoms with Crippen molar-refractivity contribution in [3.63, 3.8) is 0 Å². The first-order valence-electron chi connectivity index (χ1n) is 8.97. The molecule has 4 heterocycles. The second-order valence-corrected chi connectivity index (χ2v) is 7.34. The summed E-state index contributed by atoms with van der Waals surface area (Å²) >= 11 is 1.48. The summed E-state index contributed by atoms with van der Waals surface area (Å²) in [5, 5.41) is 4.93. The number of aromatic nitrogens is 2. The number of rotatable bonds is 6. The molecule has 0 saturated heterocycles. The highest BCUT2D eigenvalue weighted by Gasteiger charge is 2.36. The molecule has 0 atom stereocenters. The van der Waals surface area contributed by atoms with Crippen molar-refractivity contribution in [1.82, 2.24) is 9.38 Å². The Hall–Kier alpha value is -3.27.